The van der Waals surface area contributed by atoms with Gasteiger partial charge in [0.15, 0.2) is 0 Å². The fraction of sp³-hybridized carbons (Fsp3) is 0.348. The molecule has 1 aliphatic rings. The SMILES string of the molecule is COc1ccc(CNc2nc(N3CCC[C@@H]3C)ncc2C(=O)NCc2ncccn2)cc1Cl. The molecule has 172 valence electrons. The second-order valence-corrected chi connectivity index (χ2v) is 8.19. The van der Waals surface area contributed by atoms with Crippen LogP contribution in [0.5, 0.6) is 5.75 Å². The van der Waals surface area contributed by atoms with Crippen LogP contribution >= 0.6 is 11.6 Å². The van der Waals surface area contributed by atoms with Gasteiger partial charge in [-0.05, 0) is 43.5 Å². The van der Waals surface area contributed by atoms with E-state index in [-0.39, 0.29) is 12.5 Å². The molecule has 0 saturated carbocycles. The van der Waals surface area contributed by atoms with E-state index >= 15 is 0 Å². The topological polar surface area (TPSA) is 105 Å². The molecule has 0 radical (unpaired) electrons. The Morgan fingerprint density at radius 3 is 2.76 bits per heavy atom. The molecule has 0 aliphatic carbocycles. The van der Waals surface area contributed by atoms with Crippen molar-refractivity contribution >= 4 is 29.3 Å². The monoisotopic (exact) mass is 467 g/mol. The average molecular weight is 468 g/mol. The van der Waals surface area contributed by atoms with E-state index in [4.69, 9.17) is 21.3 Å². The van der Waals surface area contributed by atoms with Crippen LogP contribution in [0, 0.1) is 0 Å². The summed E-state index contributed by atoms with van der Waals surface area (Å²) in [4.78, 5) is 32.6. The number of halogens is 1. The molecular formula is C23H26ClN7O2. The Morgan fingerprint density at radius 2 is 2.06 bits per heavy atom. The third kappa shape index (κ3) is 5.48. The molecule has 1 aliphatic heterocycles. The average Bonchev–Trinajstić information content (AvgIpc) is 3.27. The molecule has 0 unspecified atom stereocenters. The van der Waals surface area contributed by atoms with Crippen LogP contribution in [0.2, 0.25) is 5.02 Å². The smallest absolute Gasteiger partial charge is 0.256 e. The standard InChI is InChI=1S/C23H26ClN7O2/c1-15-5-3-10-31(15)23-29-13-17(22(32)28-14-20-25-8-4-9-26-20)21(30-23)27-12-16-6-7-19(33-2)18(24)11-16/h4,6-9,11,13,15H,3,5,10,12,14H2,1-2H3,(H,28,32)(H,27,29,30)/t15-/m0/s1. The summed E-state index contributed by atoms with van der Waals surface area (Å²) >= 11 is 6.26. The highest BCUT2D eigenvalue weighted by Gasteiger charge is 2.24. The number of methoxy groups -OCH3 is 1. The van der Waals surface area contributed by atoms with Crippen molar-refractivity contribution in [3.05, 3.63) is 64.8 Å². The molecule has 0 bridgehead atoms. The van der Waals surface area contributed by atoms with Gasteiger partial charge in [-0.1, -0.05) is 17.7 Å². The van der Waals surface area contributed by atoms with E-state index in [2.05, 4.69) is 37.4 Å². The predicted molar refractivity (Wildman–Crippen MR) is 127 cm³/mol. The molecule has 4 rings (SSSR count). The molecule has 2 aromatic heterocycles. The first-order valence-electron chi connectivity index (χ1n) is 10.8. The lowest BCUT2D eigenvalue weighted by molar-refractivity contribution is 0.0950. The number of nitrogens with zero attached hydrogens (tertiary/aromatic N) is 5. The number of ether oxygens (including phenoxy) is 1. The molecule has 3 heterocycles. The maximum atomic E-state index is 12.9. The lowest BCUT2D eigenvalue weighted by Gasteiger charge is -2.22. The molecule has 3 aromatic rings. The highest BCUT2D eigenvalue weighted by atomic mass is 35.5. The Balaban J connectivity index is 1.55. The van der Waals surface area contributed by atoms with Crippen LogP contribution in [0.15, 0.2) is 42.9 Å². The van der Waals surface area contributed by atoms with Gasteiger partial charge in [-0.2, -0.15) is 4.98 Å². The van der Waals surface area contributed by atoms with Gasteiger partial charge >= 0.3 is 0 Å². The van der Waals surface area contributed by atoms with Crippen molar-refractivity contribution < 1.29 is 9.53 Å². The molecule has 33 heavy (non-hydrogen) atoms. The molecule has 1 aromatic carbocycles. The summed E-state index contributed by atoms with van der Waals surface area (Å²) < 4.78 is 5.22. The first-order chi connectivity index (χ1) is 16.0. The number of hydrogen-bond donors (Lipinski definition) is 2. The fourth-order valence-electron chi connectivity index (χ4n) is 3.72. The fourth-order valence-corrected chi connectivity index (χ4v) is 4.00. The quantitative estimate of drug-likeness (QED) is 0.519. The van der Waals surface area contributed by atoms with E-state index in [9.17, 15) is 4.79 Å². The number of hydrogen-bond acceptors (Lipinski definition) is 8. The van der Waals surface area contributed by atoms with Crippen LogP contribution in [0.1, 0.15) is 41.5 Å². The number of carbonyl (C=O) groups is 1. The van der Waals surface area contributed by atoms with Crippen LogP contribution in [-0.2, 0) is 13.1 Å². The van der Waals surface area contributed by atoms with Gasteiger partial charge in [-0.3, -0.25) is 4.79 Å². The molecule has 0 spiro atoms. The van der Waals surface area contributed by atoms with Crippen molar-refractivity contribution in [3.63, 3.8) is 0 Å². The van der Waals surface area contributed by atoms with Gasteiger partial charge in [0.1, 0.15) is 23.0 Å². The third-order valence-electron chi connectivity index (χ3n) is 5.53. The maximum Gasteiger partial charge on any atom is 0.256 e. The highest BCUT2D eigenvalue weighted by molar-refractivity contribution is 6.32. The van der Waals surface area contributed by atoms with E-state index in [1.165, 1.54) is 0 Å². The normalized spacial score (nSPS) is 15.4. The van der Waals surface area contributed by atoms with Crippen molar-refractivity contribution in [1.29, 1.82) is 0 Å². The summed E-state index contributed by atoms with van der Waals surface area (Å²) in [5.74, 6) is 1.89. The second kappa shape index (κ2) is 10.4. The minimum Gasteiger partial charge on any atom is -0.495 e. The molecule has 1 fully saturated rings. The van der Waals surface area contributed by atoms with Crippen molar-refractivity contribution in [2.75, 3.05) is 23.9 Å². The highest BCUT2D eigenvalue weighted by Crippen LogP contribution is 2.27. The van der Waals surface area contributed by atoms with Crippen LogP contribution < -0.4 is 20.3 Å². The predicted octanol–water partition coefficient (Wildman–Crippen LogP) is 3.46. The lowest BCUT2D eigenvalue weighted by atomic mass is 10.2. The van der Waals surface area contributed by atoms with E-state index in [1.54, 1.807) is 31.8 Å². The number of anilines is 2. The minimum atomic E-state index is -0.307. The van der Waals surface area contributed by atoms with Gasteiger partial charge in [0.25, 0.3) is 5.91 Å². The molecule has 1 amide bonds. The summed E-state index contributed by atoms with van der Waals surface area (Å²) in [6, 6.07) is 7.63. The third-order valence-corrected chi connectivity index (χ3v) is 5.83. The largest absolute Gasteiger partial charge is 0.495 e. The summed E-state index contributed by atoms with van der Waals surface area (Å²) in [6.07, 6.45) is 7.03. The van der Waals surface area contributed by atoms with Gasteiger partial charge < -0.3 is 20.3 Å². The zero-order chi connectivity index (χ0) is 23.2. The number of aromatic nitrogens is 4. The van der Waals surface area contributed by atoms with E-state index in [0.29, 0.717) is 46.5 Å². The van der Waals surface area contributed by atoms with E-state index < -0.39 is 0 Å². The zero-order valence-electron chi connectivity index (χ0n) is 18.6. The Hall–Kier alpha value is -3.46. The number of rotatable bonds is 8. The van der Waals surface area contributed by atoms with Crippen LogP contribution in [0.4, 0.5) is 11.8 Å². The van der Waals surface area contributed by atoms with E-state index in [0.717, 1.165) is 24.9 Å². The van der Waals surface area contributed by atoms with Gasteiger partial charge in [0.05, 0.1) is 18.7 Å². The summed E-state index contributed by atoms with van der Waals surface area (Å²) in [7, 11) is 1.58. The van der Waals surface area contributed by atoms with Crippen molar-refractivity contribution in [1.82, 2.24) is 25.3 Å². The number of nitrogens with one attached hydrogen (secondary N) is 2. The number of benzene rings is 1. The van der Waals surface area contributed by atoms with E-state index in [1.807, 2.05) is 18.2 Å². The first-order valence-corrected chi connectivity index (χ1v) is 11.2. The second-order valence-electron chi connectivity index (χ2n) is 7.79. The van der Waals surface area contributed by atoms with Gasteiger partial charge in [-0.15, -0.1) is 0 Å². The molecule has 1 atom stereocenters. The van der Waals surface area contributed by atoms with Gasteiger partial charge in [0.2, 0.25) is 5.95 Å². The lowest BCUT2D eigenvalue weighted by Crippen LogP contribution is -2.30. The maximum absolute atomic E-state index is 12.9. The minimum absolute atomic E-state index is 0.206. The van der Waals surface area contributed by atoms with Crippen LogP contribution in [0.3, 0.4) is 0 Å². The molecular weight excluding hydrogens is 442 g/mol. The van der Waals surface area contributed by atoms with Crippen molar-refractivity contribution in [2.24, 2.45) is 0 Å². The zero-order valence-corrected chi connectivity index (χ0v) is 19.3. The van der Waals surface area contributed by atoms with Crippen molar-refractivity contribution in [2.45, 2.75) is 38.9 Å². The summed E-state index contributed by atoms with van der Waals surface area (Å²) in [5, 5.41) is 6.64. The van der Waals surface area contributed by atoms with Crippen LogP contribution in [0.25, 0.3) is 0 Å². The molecule has 10 heteroatoms. The number of carbonyl (C=O) groups excluding carboxylic acids is 1. The number of amides is 1. The Kier molecular flexibility index (Phi) is 7.19. The molecule has 2 N–H and O–H groups in total. The summed E-state index contributed by atoms with van der Waals surface area (Å²) in [5.41, 5.74) is 1.28. The Morgan fingerprint density at radius 1 is 1.24 bits per heavy atom. The Bertz CT molecular complexity index is 1110. The molecule has 9 nitrogen and oxygen atoms in total. The van der Waals surface area contributed by atoms with Gasteiger partial charge in [-0.25, -0.2) is 15.0 Å². The Labute approximate surface area is 197 Å². The van der Waals surface area contributed by atoms with Crippen LogP contribution in [-0.4, -0.2) is 45.5 Å². The van der Waals surface area contributed by atoms with Gasteiger partial charge in [0, 0.05) is 37.7 Å². The summed E-state index contributed by atoms with van der Waals surface area (Å²) in [6.45, 7) is 3.69. The molecule has 1 saturated heterocycles. The first kappa shape index (κ1) is 22.7. The van der Waals surface area contributed by atoms with Crippen molar-refractivity contribution in [3.8, 4) is 5.75 Å².